The lowest BCUT2D eigenvalue weighted by molar-refractivity contribution is 0.874. The number of hydrogen-bond acceptors (Lipinski definition) is 2. The number of nitrogens with zero attached hydrogens (tertiary/aromatic N) is 1. The van der Waals surface area contributed by atoms with Crippen LogP contribution in [-0.4, -0.2) is 4.98 Å². The minimum atomic E-state index is 0.149. The van der Waals surface area contributed by atoms with E-state index in [4.69, 9.17) is 16.6 Å². The van der Waals surface area contributed by atoms with Crippen LogP contribution in [-0.2, 0) is 0 Å². The Bertz CT molecular complexity index is 783. The van der Waals surface area contributed by atoms with Crippen LogP contribution in [0, 0.1) is 6.92 Å². The average molecular weight is 297 g/mol. The normalized spacial score (nSPS) is 12.3. The molecule has 1 N–H and O–H groups in total. The standard InChI is InChI=1S/C18H17ClN2/c1-12-10-15-6-3-4-9-17(15)21-18(12)20-13(2)14-7-5-8-16(19)11-14/h3-11,13H,1-2H3,(H,20,21). The van der Waals surface area contributed by atoms with E-state index in [0.29, 0.717) is 0 Å². The summed E-state index contributed by atoms with van der Waals surface area (Å²) >= 11 is 6.06. The maximum absolute atomic E-state index is 6.06. The summed E-state index contributed by atoms with van der Waals surface area (Å²) in [6.45, 7) is 4.19. The van der Waals surface area contributed by atoms with Crippen LogP contribution in [0.3, 0.4) is 0 Å². The number of pyridine rings is 1. The number of rotatable bonds is 3. The summed E-state index contributed by atoms with van der Waals surface area (Å²) in [5.41, 5.74) is 3.29. The quantitative estimate of drug-likeness (QED) is 0.703. The first-order valence-corrected chi connectivity index (χ1v) is 7.39. The Balaban J connectivity index is 1.92. The molecule has 0 fully saturated rings. The van der Waals surface area contributed by atoms with Gasteiger partial charge in [0, 0.05) is 10.4 Å². The Kier molecular flexibility index (Phi) is 3.80. The molecule has 21 heavy (non-hydrogen) atoms. The van der Waals surface area contributed by atoms with Crippen molar-refractivity contribution in [2.24, 2.45) is 0 Å². The fourth-order valence-electron chi connectivity index (χ4n) is 2.43. The second kappa shape index (κ2) is 5.74. The molecule has 1 heterocycles. The molecule has 106 valence electrons. The van der Waals surface area contributed by atoms with E-state index >= 15 is 0 Å². The van der Waals surface area contributed by atoms with E-state index in [-0.39, 0.29) is 6.04 Å². The molecule has 0 aliphatic rings. The highest BCUT2D eigenvalue weighted by Crippen LogP contribution is 2.25. The average Bonchev–Trinajstić information content (AvgIpc) is 2.48. The first-order valence-electron chi connectivity index (χ1n) is 7.02. The van der Waals surface area contributed by atoms with E-state index in [1.165, 1.54) is 0 Å². The number of para-hydroxylation sites is 1. The lowest BCUT2D eigenvalue weighted by Crippen LogP contribution is -2.09. The summed E-state index contributed by atoms with van der Waals surface area (Å²) < 4.78 is 0. The lowest BCUT2D eigenvalue weighted by atomic mass is 10.1. The first kappa shape index (κ1) is 13.9. The molecule has 2 aromatic carbocycles. The first-order chi connectivity index (χ1) is 10.1. The van der Waals surface area contributed by atoms with Crippen molar-refractivity contribution in [3.63, 3.8) is 0 Å². The molecule has 3 rings (SSSR count). The Morgan fingerprint density at radius 2 is 1.86 bits per heavy atom. The van der Waals surface area contributed by atoms with Gasteiger partial charge in [-0.25, -0.2) is 4.98 Å². The Morgan fingerprint density at radius 1 is 1.05 bits per heavy atom. The zero-order valence-electron chi connectivity index (χ0n) is 12.1. The molecule has 0 aliphatic heterocycles. The number of nitrogens with one attached hydrogen (secondary N) is 1. The molecule has 0 saturated heterocycles. The summed E-state index contributed by atoms with van der Waals surface area (Å²) in [4.78, 5) is 4.72. The molecule has 0 bridgehead atoms. The van der Waals surface area contributed by atoms with E-state index in [1.54, 1.807) is 0 Å². The van der Waals surface area contributed by atoms with Crippen molar-refractivity contribution >= 4 is 28.3 Å². The lowest BCUT2D eigenvalue weighted by Gasteiger charge is -2.17. The third-order valence-electron chi connectivity index (χ3n) is 3.62. The van der Waals surface area contributed by atoms with Gasteiger partial charge in [0.15, 0.2) is 0 Å². The highest BCUT2D eigenvalue weighted by molar-refractivity contribution is 6.30. The molecule has 3 aromatic rings. The fraction of sp³-hybridized carbons (Fsp3) is 0.167. The molecule has 3 heteroatoms. The predicted molar refractivity (Wildman–Crippen MR) is 90.0 cm³/mol. The second-order valence-corrected chi connectivity index (χ2v) is 5.70. The van der Waals surface area contributed by atoms with Crippen LogP contribution in [0.25, 0.3) is 10.9 Å². The Hall–Kier alpha value is -2.06. The predicted octanol–water partition coefficient (Wildman–Crippen LogP) is 5.37. The van der Waals surface area contributed by atoms with Gasteiger partial charge in [-0.15, -0.1) is 0 Å². The molecule has 0 aliphatic carbocycles. The van der Waals surface area contributed by atoms with E-state index in [2.05, 4.69) is 37.4 Å². The number of benzene rings is 2. The van der Waals surface area contributed by atoms with E-state index < -0.39 is 0 Å². The summed E-state index contributed by atoms with van der Waals surface area (Å²) in [5, 5.41) is 5.39. The third kappa shape index (κ3) is 3.01. The summed E-state index contributed by atoms with van der Waals surface area (Å²) in [6.07, 6.45) is 0. The van der Waals surface area contributed by atoms with Gasteiger partial charge in [-0.3, -0.25) is 0 Å². The molecular weight excluding hydrogens is 280 g/mol. The minimum Gasteiger partial charge on any atom is -0.363 e. The second-order valence-electron chi connectivity index (χ2n) is 5.27. The van der Waals surface area contributed by atoms with Crippen LogP contribution in [0.1, 0.15) is 24.1 Å². The van der Waals surface area contributed by atoms with Gasteiger partial charge in [-0.05, 0) is 49.2 Å². The number of halogens is 1. The molecule has 0 spiro atoms. The molecule has 0 saturated carbocycles. The number of aryl methyl sites for hydroxylation is 1. The van der Waals surface area contributed by atoms with Crippen molar-refractivity contribution < 1.29 is 0 Å². The van der Waals surface area contributed by atoms with Crippen molar-refractivity contribution in [1.29, 1.82) is 0 Å². The van der Waals surface area contributed by atoms with Gasteiger partial charge in [0.2, 0.25) is 0 Å². The highest BCUT2D eigenvalue weighted by Gasteiger charge is 2.09. The van der Waals surface area contributed by atoms with Crippen molar-refractivity contribution in [2.45, 2.75) is 19.9 Å². The molecule has 1 atom stereocenters. The maximum Gasteiger partial charge on any atom is 0.130 e. The molecule has 0 amide bonds. The van der Waals surface area contributed by atoms with Gasteiger partial charge in [-0.1, -0.05) is 41.9 Å². The molecular formula is C18H17ClN2. The van der Waals surface area contributed by atoms with Gasteiger partial charge in [-0.2, -0.15) is 0 Å². The van der Waals surface area contributed by atoms with Gasteiger partial charge in [0.1, 0.15) is 5.82 Å². The van der Waals surface area contributed by atoms with Gasteiger partial charge >= 0.3 is 0 Å². The zero-order chi connectivity index (χ0) is 14.8. The van der Waals surface area contributed by atoms with Crippen LogP contribution in [0.4, 0.5) is 5.82 Å². The fourth-order valence-corrected chi connectivity index (χ4v) is 2.63. The largest absolute Gasteiger partial charge is 0.363 e. The number of anilines is 1. The summed E-state index contributed by atoms with van der Waals surface area (Å²) in [7, 11) is 0. The number of hydrogen-bond donors (Lipinski definition) is 1. The van der Waals surface area contributed by atoms with E-state index in [1.807, 2.05) is 36.4 Å². The van der Waals surface area contributed by atoms with Gasteiger partial charge < -0.3 is 5.32 Å². The van der Waals surface area contributed by atoms with Crippen LogP contribution in [0.5, 0.6) is 0 Å². The zero-order valence-corrected chi connectivity index (χ0v) is 12.9. The maximum atomic E-state index is 6.06. The summed E-state index contributed by atoms with van der Waals surface area (Å²) in [6, 6.07) is 18.4. The van der Waals surface area contributed by atoms with E-state index in [0.717, 1.165) is 32.9 Å². The summed E-state index contributed by atoms with van der Waals surface area (Å²) in [5.74, 6) is 0.918. The topological polar surface area (TPSA) is 24.9 Å². The van der Waals surface area contributed by atoms with Crippen molar-refractivity contribution in [3.8, 4) is 0 Å². The monoisotopic (exact) mass is 296 g/mol. The number of aromatic nitrogens is 1. The van der Waals surface area contributed by atoms with E-state index in [9.17, 15) is 0 Å². The third-order valence-corrected chi connectivity index (χ3v) is 3.85. The van der Waals surface area contributed by atoms with Crippen LogP contribution >= 0.6 is 11.6 Å². The molecule has 0 radical (unpaired) electrons. The Morgan fingerprint density at radius 3 is 2.67 bits per heavy atom. The van der Waals surface area contributed by atoms with Gasteiger partial charge in [0.05, 0.1) is 11.6 Å². The molecule has 1 aromatic heterocycles. The molecule has 1 unspecified atom stereocenters. The van der Waals surface area contributed by atoms with Crippen LogP contribution in [0.2, 0.25) is 5.02 Å². The van der Waals surface area contributed by atoms with Gasteiger partial charge in [0.25, 0.3) is 0 Å². The smallest absolute Gasteiger partial charge is 0.130 e. The molecule has 2 nitrogen and oxygen atoms in total. The highest BCUT2D eigenvalue weighted by atomic mass is 35.5. The van der Waals surface area contributed by atoms with Crippen molar-refractivity contribution in [2.75, 3.05) is 5.32 Å². The number of fused-ring (bicyclic) bond motifs is 1. The minimum absolute atomic E-state index is 0.149. The van der Waals surface area contributed by atoms with Crippen molar-refractivity contribution in [1.82, 2.24) is 4.98 Å². The van der Waals surface area contributed by atoms with Crippen LogP contribution in [0.15, 0.2) is 54.6 Å². The van der Waals surface area contributed by atoms with Crippen LogP contribution < -0.4 is 5.32 Å². The SMILES string of the molecule is Cc1cc2ccccc2nc1NC(C)c1cccc(Cl)c1. The Labute approximate surface area is 129 Å². The van der Waals surface area contributed by atoms with Crippen molar-refractivity contribution in [3.05, 3.63) is 70.7 Å².